The van der Waals surface area contributed by atoms with Crippen molar-refractivity contribution in [3.8, 4) is 0 Å². The number of hydrogen-bond acceptors (Lipinski definition) is 2. The molecule has 2 rings (SSSR count). The number of rotatable bonds is 3. The fourth-order valence-electron chi connectivity index (χ4n) is 2.58. The van der Waals surface area contributed by atoms with Gasteiger partial charge >= 0.3 is 0 Å². The molecule has 0 aliphatic carbocycles. The van der Waals surface area contributed by atoms with Gasteiger partial charge in [0.2, 0.25) is 0 Å². The van der Waals surface area contributed by atoms with E-state index < -0.39 is 0 Å². The Hall–Kier alpha value is -1.35. The van der Waals surface area contributed by atoms with Gasteiger partial charge in [0, 0.05) is 24.7 Å². The van der Waals surface area contributed by atoms with E-state index in [4.69, 9.17) is 0 Å². The van der Waals surface area contributed by atoms with Crippen molar-refractivity contribution in [1.82, 2.24) is 9.80 Å². The van der Waals surface area contributed by atoms with E-state index in [1.807, 2.05) is 36.1 Å². The monoisotopic (exact) mass is 246 g/mol. The third kappa shape index (κ3) is 2.91. The Bertz CT molecular complexity index is 411. The summed E-state index contributed by atoms with van der Waals surface area (Å²) in [5.41, 5.74) is 2.00. The van der Waals surface area contributed by atoms with Crippen LogP contribution in [0.15, 0.2) is 24.3 Å². The molecule has 18 heavy (non-hydrogen) atoms. The molecule has 1 atom stereocenters. The molecule has 1 heterocycles. The number of amides is 1. The number of likely N-dealkylation sites (tertiary alicyclic amines) is 1. The topological polar surface area (TPSA) is 23.6 Å². The highest BCUT2D eigenvalue weighted by Gasteiger charge is 2.29. The first kappa shape index (κ1) is 13.1. The number of carbonyl (C=O) groups excluding carboxylic acids is 1. The molecule has 1 saturated heterocycles. The average molecular weight is 246 g/mol. The predicted molar refractivity (Wildman–Crippen MR) is 73.8 cm³/mol. The molecule has 0 radical (unpaired) electrons. The molecule has 0 aromatic heterocycles. The van der Waals surface area contributed by atoms with Crippen molar-refractivity contribution in [2.45, 2.75) is 25.8 Å². The molecule has 3 heteroatoms. The Labute approximate surface area is 109 Å². The molecule has 0 N–H and O–H groups in total. The largest absolute Gasteiger partial charge is 0.334 e. The van der Waals surface area contributed by atoms with Gasteiger partial charge in [0.25, 0.3) is 5.91 Å². The third-order valence-electron chi connectivity index (χ3n) is 3.51. The summed E-state index contributed by atoms with van der Waals surface area (Å²) < 4.78 is 0. The lowest BCUT2D eigenvalue weighted by Crippen LogP contribution is -2.41. The second-order valence-electron chi connectivity index (χ2n) is 5.42. The van der Waals surface area contributed by atoms with Crippen LogP contribution in [0.4, 0.5) is 0 Å². The van der Waals surface area contributed by atoms with E-state index in [0.717, 1.165) is 31.5 Å². The molecule has 1 aliphatic rings. The van der Waals surface area contributed by atoms with Crippen LogP contribution in [0.3, 0.4) is 0 Å². The van der Waals surface area contributed by atoms with Gasteiger partial charge < -0.3 is 9.80 Å². The predicted octanol–water partition coefficient (Wildman–Crippen LogP) is 2.16. The molecule has 1 amide bonds. The summed E-state index contributed by atoms with van der Waals surface area (Å²) in [6.07, 6.45) is 2.24. The summed E-state index contributed by atoms with van der Waals surface area (Å²) in [6, 6.07) is 8.24. The molecule has 1 fully saturated rings. The van der Waals surface area contributed by atoms with Gasteiger partial charge in [-0.25, -0.2) is 0 Å². The summed E-state index contributed by atoms with van der Waals surface area (Å²) in [6.45, 7) is 3.89. The second-order valence-corrected chi connectivity index (χ2v) is 5.42. The first-order chi connectivity index (χ1) is 8.58. The quantitative estimate of drug-likeness (QED) is 0.816. The van der Waals surface area contributed by atoms with Gasteiger partial charge in [0.05, 0.1) is 0 Å². The van der Waals surface area contributed by atoms with Gasteiger partial charge in [-0.3, -0.25) is 4.79 Å². The van der Waals surface area contributed by atoms with Crippen LogP contribution >= 0.6 is 0 Å². The summed E-state index contributed by atoms with van der Waals surface area (Å²) in [5.74, 6) is 0.180. The zero-order valence-corrected chi connectivity index (χ0v) is 11.5. The number of benzene rings is 1. The van der Waals surface area contributed by atoms with E-state index in [0.29, 0.717) is 6.04 Å². The summed E-state index contributed by atoms with van der Waals surface area (Å²) in [7, 11) is 4.12. The third-order valence-corrected chi connectivity index (χ3v) is 3.51. The molecule has 0 saturated carbocycles. The lowest BCUT2D eigenvalue weighted by atomic mass is 10.1. The van der Waals surface area contributed by atoms with Crippen LogP contribution in [0.1, 0.15) is 28.8 Å². The van der Waals surface area contributed by atoms with E-state index in [1.54, 1.807) is 0 Å². The van der Waals surface area contributed by atoms with Gasteiger partial charge in [-0.2, -0.15) is 0 Å². The van der Waals surface area contributed by atoms with Crippen molar-refractivity contribution in [3.63, 3.8) is 0 Å². The lowest BCUT2D eigenvalue weighted by Gasteiger charge is -2.27. The maximum absolute atomic E-state index is 12.5. The first-order valence-electron chi connectivity index (χ1n) is 6.60. The fraction of sp³-hybridized carbons (Fsp3) is 0.533. The van der Waals surface area contributed by atoms with Gasteiger partial charge in [-0.05, 0) is 46.0 Å². The molecule has 0 bridgehead atoms. The van der Waals surface area contributed by atoms with E-state index in [2.05, 4.69) is 19.0 Å². The Kier molecular flexibility index (Phi) is 4.02. The van der Waals surface area contributed by atoms with Crippen LogP contribution in [0, 0.1) is 6.92 Å². The first-order valence-corrected chi connectivity index (χ1v) is 6.60. The van der Waals surface area contributed by atoms with E-state index in [-0.39, 0.29) is 5.91 Å². The molecule has 0 unspecified atom stereocenters. The minimum absolute atomic E-state index is 0.180. The van der Waals surface area contributed by atoms with Gasteiger partial charge in [0.1, 0.15) is 0 Å². The molecule has 1 aromatic carbocycles. The van der Waals surface area contributed by atoms with Crippen molar-refractivity contribution in [3.05, 3.63) is 35.4 Å². The molecule has 1 aliphatic heterocycles. The molecule has 3 nitrogen and oxygen atoms in total. The molecule has 0 spiro atoms. The summed E-state index contributed by atoms with van der Waals surface area (Å²) in [4.78, 5) is 16.6. The number of carbonyl (C=O) groups is 1. The maximum atomic E-state index is 12.5. The zero-order valence-electron chi connectivity index (χ0n) is 11.5. The Balaban J connectivity index is 2.10. The Morgan fingerprint density at radius 3 is 2.61 bits per heavy atom. The van der Waals surface area contributed by atoms with Crippen LogP contribution in [0.5, 0.6) is 0 Å². The van der Waals surface area contributed by atoms with Crippen molar-refractivity contribution >= 4 is 5.91 Å². The Morgan fingerprint density at radius 2 is 2.00 bits per heavy atom. The van der Waals surface area contributed by atoms with Crippen LogP contribution < -0.4 is 0 Å². The maximum Gasteiger partial charge on any atom is 0.254 e. The lowest BCUT2D eigenvalue weighted by molar-refractivity contribution is 0.0716. The molecule has 98 valence electrons. The molecular weight excluding hydrogens is 224 g/mol. The van der Waals surface area contributed by atoms with E-state index in [1.165, 1.54) is 5.56 Å². The number of likely N-dealkylation sites (N-methyl/N-ethyl adjacent to an activating group) is 1. The highest BCUT2D eigenvalue weighted by Crippen LogP contribution is 2.20. The van der Waals surface area contributed by atoms with E-state index >= 15 is 0 Å². The molecule has 1 aromatic rings. The van der Waals surface area contributed by atoms with Crippen molar-refractivity contribution < 1.29 is 4.79 Å². The minimum Gasteiger partial charge on any atom is -0.334 e. The zero-order chi connectivity index (χ0) is 13.1. The summed E-state index contributed by atoms with van der Waals surface area (Å²) >= 11 is 0. The number of nitrogens with zero attached hydrogens (tertiary/aromatic N) is 2. The van der Waals surface area contributed by atoms with Crippen molar-refractivity contribution in [1.29, 1.82) is 0 Å². The Morgan fingerprint density at radius 1 is 1.33 bits per heavy atom. The fourth-order valence-corrected chi connectivity index (χ4v) is 2.58. The number of hydrogen-bond donors (Lipinski definition) is 0. The second kappa shape index (κ2) is 5.53. The highest BCUT2D eigenvalue weighted by molar-refractivity contribution is 5.94. The van der Waals surface area contributed by atoms with Crippen LogP contribution in [0.25, 0.3) is 0 Å². The standard InChI is InChI=1S/C15H22N2O/c1-12-6-8-13(9-7-12)15(18)17-10-4-5-14(17)11-16(2)3/h6-9,14H,4-5,10-11H2,1-3H3/t14-/m0/s1. The smallest absolute Gasteiger partial charge is 0.254 e. The van der Waals surface area contributed by atoms with Gasteiger partial charge in [-0.1, -0.05) is 17.7 Å². The normalized spacial score (nSPS) is 19.6. The van der Waals surface area contributed by atoms with Crippen LogP contribution in [-0.4, -0.2) is 48.9 Å². The minimum atomic E-state index is 0.180. The van der Waals surface area contributed by atoms with Crippen LogP contribution in [0.2, 0.25) is 0 Å². The van der Waals surface area contributed by atoms with E-state index in [9.17, 15) is 4.79 Å². The van der Waals surface area contributed by atoms with Crippen molar-refractivity contribution in [2.24, 2.45) is 0 Å². The average Bonchev–Trinajstić information content (AvgIpc) is 2.76. The van der Waals surface area contributed by atoms with Crippen molar-refractivity contribution in [2.75, 3.05) is 27.2 Å². The number of aryl methyl sites for hydroxylation is 1. The van der Waals surface area contributed by atoms with Gasteiger partial charge in [-0.15, -0.1) is 0 Å². The van der Waals surface area contributed by atoms with Gasteiger partial charge in [0.15, 0.2) is 0 Å². The SMILES string of the molecule is Cc1ccc(C(=O)N2CCC[C@H]2CN(C)C)cc1. The summed E-state index contributed by atoms with van der Waals surface area (Å²) in [5, 5.41) is 0. The van der Waals surface area contributed by atoms with Crippen LogP contribution in [-0.2, 0) is 0 Å². The molecular formula is C15H22N2O. The highest BCUT2D eigenvalue weighted by atomic mass is 16.2.